The Balaban J connectivity index is 1.38. The summed E-state index contributed by atoms with van der Waals surface area (Å²) in [6.45, 7) is 7.99. The van der Waals surface area contributed by atoms with Gasteiger partial charge in [0.2, 0.25) is 5.91 Å². The van der Waals surface area contributed by atoms with Crippen molar-refractivity contribution in [3.8, 4) is 0 Å². The molecule has 4 nitrogen and oxygen atoms in total. The summed E-state index contributed by atoms with van der Waals surface area (Å²) in [5, 5.41) is 8.04. The van der Waals surface area contributed by atoms with Crippen molar-refractivity contribution in [1.82, 2.24) is 15.5 Å². The van der Waals surface area contributed by atoms with Gasteiger partial charge in [-0.1, -0.05) is 73.4 Å². The lowest BCUT2D eigenvalue weighted by Crippen LogP contribution is -2.74. The summed E-state index contributed by atoms with van der Waals surface area (Å²) >= 11 is 12.2. The fourth-order valence-corrected chi connectivity index (χ4v) is 7.01. The molecule has 0 radical (unpaired) electrons. The molecule has 4 bridgehead atoms. The highest BCUT2D eigenvalue weighted by Crippen LogP contribution is 2.54. The maximum absolute atomic E-state index is 13.8. The fourth-order valence-electron chi connectivity index (χ4n) is 6.69. The molecule has 33 heavy (non-hydrogen) atoms. The van der Waals surface area contributed by atoms with Crippen LogP contribution in [0.25, 0.3) is 0 Å². The van der Waals surface area contributed by atoms with Crippen LogP contribution in [0.3, 0.4) is 0 Å². The minimum Gasteiger partial charge on any atom is -0.350 e. The molecule has 2 N–H and O–H groups in total. The molecular formula is C27H33Cl2N3O. The summed E-state index contributed by atoms with van der Waals surface area (Å²) in [5.74, 6) is 2.16. The van der Waals surface area contributed by atoms with E-state index < -0.39 is 5.54 Å². The first kappa shape index (κ1) is 23.2. The average Bonchev–Trinajstić information content (AvgIpc) is 3.10. The number of fused-ring (bicyclic) bond motifs is 1. The maximum Gasteiger partial charge on any atom is 0.240 e. The normalized spacial score (nSPS) is 30.7. The lowest BCUT2D eigenvalue weighted by Gasteiger charge is -2.56. The van der Waals surface area contributed by atoms with Gasteiger partial charge in [0, 0.05) is 38.1 Å². The molecule has 4 fully saturated rings. The molecule has 6 heteroatoms. The fraction of sp³-hybridized carbons (Fsp3) is 0.519. The first-order valence-corrected chi connectivity index (χ1v) is 12.9. The van der Waals surface area contributed by atoms with E-state index in [9.17, 15) is 4.79 Å². The van der Waals surface area contributed by atoms with Gasteiger partial charge in [0.05, 0.1) is 10.0 Å². The van der Waals surface area contributed by atoms with Crippen molar-refractivity contribution < 1.29 is 4.79 Å². The Hall–Kier alpha value is -1.59. The number of hydrogen-bond donors (Lipinski definition) is 2. The van der Waals surface area contributed by atoms with Gasteiger partial charge in [-0.15, -0.1) is 0 Å². The van der Waals surface area contributed by atoms with Gasteiger partial charge in [-0.2, -0.15) is 0 Å². The lowest BCUT2D eigenvalue weighted by atomic mass is 9.57. The van der Waals surface area contributed by atoms with Crippen LogP contribution in [-0.4, -0.2) is 35.5 Å². The van der Waals surface area contributed by atoms with E-state index >= 15 is 0 Å². The van der Waals surface area contributed by atoms with Crippen LogP contribution in [0, 0.1) is 23.7 Å². The molecule has 1 aliphatic carbocycles. The van der Waals surface area contributed by atoms with Crippen LogP contribution in [-0.2, 0) is 17.9 Å². The zero-order valence-corrected chi connectivity index (χ0v) is 20.9. The largest absolute Gasteiger partial charge is 0.350 e. The van der Waals surface area contributed by atoms with Crippen LogP contribution in [0.1, 0.15) is 37.8 Å². The van der Waals surface area contributed by atoms with Gasteiger partial charge in [0.15, 0.2) is 0 Å². The smallest absolute Gasteiger partial charge is 0.240 e. The van der Waals surface area contributed by atoms with Crippen LogP contribution >= 0.6 is 23.2 Å². The Labute approximate surface area is 207 Å². The molecule has 176 valence electrons. The van der Waals surface area contributed by atoms with E-state index in [-0.39, 0.29) is 5.91 Å². The molecule has 5 atom stereocenters. The van der Waals surface area contributed by atoms with Crippen LogP contribution < -0.4 is 10.6 Å². The summed E-state index contributed by atoms with van der Waals surface area (Å²) in [7, 11) is 0. The Morgan fingerprint density at radius 2 is 1.94 bits per heavy atom. The van der Waals surface area contributed by atoms with Crippen molar-refractivity contribution in [2.75, 3.05) is 13.1 Å². The molecule has 4 aliphatic rings. The predicted octanol–water partition coefficient (Wildman–Crippen LogP) is 5.13. The number of likely N-dealkylation sites (tertiary alicyclic amines) is 1. The number of nitrogens with zero attached hydrogens (tertiary/aromatic N) is 1. The van der Waals surface area contributed by atoms with Crippen molar-refractivity contribution in [3.05, 3.63) is 69.7 Å². The van der Waals surface area contributed by atoms with Crippen molar-refractivity contribution in [3.63, 3.8) is 0 Å². The number of amides is 1. The monoisotopic (exact) mass is 485 g/mol. The highest BCUT2D eigenvalue weighted by atomic mass is 35.5. The van der Waals surface area contributed by atoms with E-state index in [0.29, 0.717) is 46.3 Å². The molecule has 1 saturated carbocycles. The van der Waals surface area contributed by atoms with Crippen LogP contribution in [0.4, 0.5) is 0 Å². The molecule has 3 heterocycles. The van der Waals surface area contributed by atoms with Crippen molar-refractivity contribution in [1.29, 1.82) is 0 Å². The molecule has 0 unspecified atom stereocenters. The first-order valence-electron chi connectivity index (χ1n) is 12.1. The number of carbonyl (C=O) groups is 1. The summed E-state index contributed by atoms with van der Waals surface area (Å²) < 4.78 is 0. The molecule has 0 aromatic heterocycles. The van der Waals surface area contributed by atoms with Gasteiger partial charge in [-0.3, -0.25) is 9.69 Å². The van der Waals surface area contributed by atoms with Crippen molar-refractivity contribution in [2.24, 2.45) is 23.7 Å². The molecule has 0 spiro atoms. The Morgan fingerprint density at radius 3 is 2.67 bits per heavy atom. The van der Waals surface area contributed by atoms with Crippen LogP contribution in [0.5, 0.6) is 0 Å². The summed E-state index contributed by atoms with van der Waals surface area (Å²) in [6, 6.07) is 16.8. The van der Waals surface area contributed by atoms with Crippen molar-refractivity contribution >= 4 is 29.1 Å². The quantitative estimate of drug-likeness (QED) is 0.570. The first-order chi connectivity index (χ1) is 15.9. The second-order valence-corrected chi connectivity index (χ2v) is 11.4. The number of hydrogen-bond acceptors (Lipinski definition) is 3. The Kier molecular flexibility index (Phi) is 6.47. The average molecular weight is 486 g/mol. The number of halogens is 2. The lowest BCUT2D eigenvalue weighted by molar-refractivity contribution is -0.139. The zero-order chi connectivity index (χ0) is 23.2. The van der Waals surface area contributed by atoms with Crippen molar-refractivity contribution in [2.45, 2.75) is 51.4 Å². The van der Waals surface area contributed by atoms with E-state index in [2.05, 4.69) is 59.7 Å². The SMILES string of the molecule is CC(C)C[C@H]1[C@@H]2[C@@H]3CN[C@@]1(C(=O)NCc1ccc(Cl)c(Cl)c1)C[C@@H]3CN2Cc1ccccc1. The highest BCUT2D eigenvalue weighted by molar-refractivity contribution is 6.42. The second kappa shape index (κ2) is 9.22. The van der Waals surface area contributed by atoms with E-state index in [4.69, 9.17) is 23.2 Å². The summed E-state index contributed by atoms with van der Waals surface area (Å²) in [4.78, 5) is 16.5. The van der Waals surface area contributed by atoms with E-state index in [1.807, 2.05) is 12.1 Å². The third-order valence-corrected chi connectivity index (χ3v) is 8.75. The number of carbonyl (C=O) groups excluding carboxylic acids is 1. The molecule has 6 rings (SSSR count). The Bertz CT molecular complexity index is 1010. The summed E-state index contributed by atoms with van der Waals surface area (Å²) in [6.07, 6.45) is 1.97. The van der Waals surface area contributed by atoms with Gasteiger partial charge in [0.25, 0.3) is 0 Å². The zero-order valence-electron chi connectivity index (χ0n) is 19.4. The predicted molar refractivity (Wildman–Crippen MR) is 134 cm³/mol. The van der Waals surface area contributed by atoms with E-state index in [0.717, 1.165) is 38.0 Å². The molecule has 1 amide bonds. The van der Waals surface area contributed by atoms with Gasteiger partial charge >= 0.3 is 0 Å². The van der Waals surface area contributed by atoms with Gasteiger partial charge in [0.1, 0.15) is 5.54 Å². The standard InChI is InChI=1S/C27H33Cl2N3O/c1-17(2)10-22-25-21-14-31-27(22,26(33)30-13-19-8-9-23(28)24(29)11-19)12-20(21)16-32(25)15-18-6-4-3-5-7-18/h3-9,11,17,20-22,25,31H,10,12-16H2,1-2H3,(H,30,33)/t20-,21-,22+,25+,27+/m1/s1. The Morgan fingerprint density at radius 1 is 1.15 bits per heavy atom. The molecular weight excluding hydrogens is 453 g/mol. The van der Waals surface area contributed by atoms with Crippen LogP contribution in [0.2, 0.25) is 10.0 Å². The van der Waals surface area contributed by atoms with Gasteiger partial charge < -0.3 is 10.6 Å². The summed E-state index contributed by atoms with van der Waals surface area (Å²) in [5.41, 5.74) is 1.82. The number of rotatable bonds is 7. The van der Waals surface area contributed by atoms with Gasteiger partial charge in [-0.25, -0.2) is 0 Å². The molecule has 2 aromatic rings. The minimum atomic E-state index is -0.504. The number of piperidine rings is 2. The third-order valence-electron chi connectivity index (χ3n) is 8.01. The topological polar surface area (TPSA) is 44.4 Å². The van der Waals surface area contributed by atoms with E-state index in [1.165, 1.54) is 5.56 Å². The number of benzene rings is 2. The molecule has 3 saturated heterocycles. The molecule has 2 aromatic carbocycles. The number of nitrogens with one attached hydrogen (secondary N) is 2. The minimum absolute atomic E-state index is 0.133. The highest BCUT2D eigenvalue weighted by Gasteiger charge is 2.64. The van der Waals surface area contributed by atoms with Crippen LogP contribution in [0.15, 0.2) is 48.5 Å². The van der Waals surface area contributed by atoms with Gasteiger partial charge in [-0.05, 0) is 53.9 Å². The maximum atomic E-state index is 13.8. The van der Waals surface area contributed by atoms with E-state index in [1.54, 1.807) is 6.07 Å². The second-order valence-electron chi connectivity index (χ2n) is 10.6. The third kappa shape index (κ3) is 4.32. The molecule has 3 aliphatic heterocycles.